The van der Waals surface area contributed by atoms with E-state index in [0.717, 1.165) is 11.1 Å². The molecule has 0 spiro atoms. The maximum atomic E-state index is 11.4. The molecule has 0 aliphatic rings. The van der Waals surface area contributed by atoms with Crippen molar-refractivity contribution in [1.29, 1.82) is 0 Å². The highest BCUT2D eigenvalue weighted by Crippen LogP contribution is 2.05. The summed E-state index contributed by atoms with van der Waals surface area (Å²) in [6.07, 6.45) is 2.98. The zero-order valence-electron chi connectivity index (χ0n) is 9.81. The minimum absolute atomic E-state index is 0.415. The fraction of sp³-hybridized carbons (Fsp3) is 0.231. The second kappa shape index (κ2) is 5.84. The standard InChI is InChI=1S/C13H15NO3/c1-9-4-3-5-11(8-9)6-7-12(15)14-10(2)13(16)17/h3-8,10H,1-2H3,(H,14,15)(H,16,17)/b7-6+/t10-/m0/s1. The van der Waals surface area contributed by atoms with Crippen molar-refractivity contribution in [3.8, 4) is 0 Å². The Morgan fingerprint density at radius 2 is 2.12 bits per heavy atom. The maximum absolute atomic E-state index is 11.4. The molecule has 0 saturated heterocycles. The summed E-state index contributed by atoms with van der Waals surface area (Å²) in [4.78, 5) is 21.9. The molecule has 17 heavy (non-hydrogen) atoms. The van der Waals surface area contributed by atoms with Gasteiger partial charge in [-0.3, -0.25) is 9.59 Å². The zero-order valence-corrected chi connectivity index (χ0v) is 9.81. The van der Waals surface area contributed by atoms with Crippen molar-refractivity contribution in [3.63, 3.8) is 0 Å². The van der Waals surface area contributed by atoms with Crippen molar-refractivity contribution in [2.75, 3.05) is 0 Å². The van der Waals surface area contributed by atoms with Gasteiger partial charge in [0, 0.05) is 6.08 Å². The zero-order chi connectivity index (χ0) is 12.8. The Kier molecular flexibility index (Phi) is 4.46. The van der Waals surface area contributed by atoms with Gasteiger partial charge in [0.15, 0.2) is 0 Å². The molecule has 0 aromatic heterocycles. The number of benzene rings is 1. The second-order valence-electron chi connectivity index (χ2n) is 3.82. The highest BCUT2D eigenvalue weighted by atomic mass is 16.4. The Balaban J connectivity index is 2.59. The molecular weight excluding hydrogens is 218 g/mol. The summed E-state index contributed by atoms with van der Waals surface area (Å²) < 4.78 is 0. The molecule has 0 aliphatic heterocycles. The number of carboxylic acids is 1. The van der Waals surface area contributed by atoms with Gasteiger partial charge in [0.25, 0.3) is 0 Å². The van der Waals surface area contributed by atoms with E-state index in [-0.39, 0.29) is 0 Å². The normalized spacial score (nSPS) is 12.4. The highest BCUT2D eigenvalue weighted by Gasteiger charge is 2.11. The molecular formula is C13H15NO3. The largest absolute Gasteiger partial charge is 0.480 e. The number of hydrogen-bond acceptors (Lipinski definition) is 2. The first-order chi connectivity index (χ1) is 7.99. The third-order valence-electron chi connectivity index (χ3n) is 2.20. The number of amides is 1. The summed E-state index contributed by atoms with van der Waals surface area (Å²) in [5.41, 5.74) is 2.01. The molecule has 0 fully saturated rings. The number of carbonyl (C=O) groups excluding carboxylic acids is 1. The van der Waals surface area contributed by atoms with E-state index in [0.29, 0.717) is 0 Å². The predicted molar refractivity (Wildman–Crippen MR) is 65.5 cm³/mol. The van der Waals surface area contributed by atoms with Crippen LogP contribution in [0.1, 0.15) is 18.1 Å². The van der Waals surface area contributed by atoms with Crippen LogP contribution in [0.4, 0.5) is 0 Å². The average Bonchev–Trinajstić information content (AvgIpc) is 2.26. The van der Waals surface area contributed by atoms with Crippen LogP contribution in [0.5, 0.6) is 0 Å². The number of aryl methyl sites for hydroxylation is 1. The van der Waals surface area contributed by atoms with Crippen molar-refractivity contribution in [2.45, 2.75) is 19.9 Å². The van der Waals surface area contributed by atoms with Gasteiger partial charge in [0.2, 0.25) is 5.91 Å². The highest BCUT2D eigenvalue weighted by molar-refractivity contribution is 5.94. The van der Waals surface area contributed by atoms with Crippen LogP contribution in [0.15, 0.2) is 30.3 Å². The van der Waals surface area contributed by atoms with E-state index >= 15 is 0 Å². The van der Waals surface area contributed by atoms with Gasteiger partial charge >= 0.3 is 5.97 Å². The van der Waals surface area contributed by atoms with Gasteiger partial charge in [0.05, 0.1) is 0 Å². The van der Waals surface area contributed by atoms with Crippen LogP contribution in [0.3, 0.4) is 0 Å². The van der Waals surface area contributed by atoms with Gasteiger partial charge in [-0.25, -0.2) is 0 Å². The lowest BCUT2D eigenvalue weighted by Gasteiger charge is -2.05. The van der Waals surface area contributed by atoms with E-state index < -0.39 is 17.9 Å². The van der Waals surface area contributed by atoms with E-state index in [4.69, 9.17) is 5.11 Å². The summed E-state index contributed by atoms with van der Waals surface area (Å²) in [5, 5.41) is 11.0. The van der Waals surface area contributed by atoms with E-state index in [1.807, 2.05) is 31.2 Å². The summed E-state index contributed by atoms with van der Waals surface area (Å²) in [5.74, 6) is -1.47. The molecule has 0 heterocycles. The molecule has 1 atom stereocenters. The molecule has 0 radical (unpaired) electrons. The molecule has 0 unspecified atom stereocenters. The fourth-order valence-corrected chi connectivity index (χ4v) is 1.27. The molecule has 2 N–H and O–H groups in total. The average molecular weight is 233 g/mol. The lowest BCUT2D eigenvalue weighted by atomic mass is 10.1. The number of nitrogens with one attached hydrogen (secondary N) is 1. The van der Waals surface area contributed by atoms with Crippen molar-refractivity contribution in [3.05, 3.63) is 41.5 Å². The molecule has 4 nitrogen and oxygen atoms in total. The smallest absolute Gasteiger partial charge is 0.325 e. The molecule has 1 aromatic rings. The van der Waals surface area contributed by atoms with E-state index in [1.54, 1.807) is 6.08 Å². The number of carbonyl (C=O) groups is 2. The number of rotatable bonds is 4. The maximum Gasteiger partial charge on any atom is 0.325 e. The molecule has 1 amide bonds. The summed E-state index contributed by atoms with van der Waals surface area (Å²) in [7, 11) is 0. The van der Waals surface area contributed by atoms with E-state index in [1.165, 1.54) is 13.0 Å². The van der Waals surface area contributed by atoms with Gasteiger partial charge in [-0.15, -0.1) is 0 Å². The Morgan fingerprint density at radius 1 is 1.41 bits per heavy atom. The number of aliphatic carboxylic acids is 1. The summed E-state index contributed by atoms with van der Waals surface area (Å²) in [6, 6.07) is 6.78. The third-order valence-corrected chi connectivity index (χ3v) is 2.20. The second-order valence-corrected chi connectivity index (χ2v) is 3.82. The first-order valence-corrected chi connectivity index (χ1v) is 5.27. The lowest BCUT2D eigenvalue weighted by molar-refractivity contribution is -0.140. The lowest BCUT2D eigenvalue weighted by Crippen LogP contribution is -2.37. The molecule has 1 aromatic carbocycles. The third kappa shape index (κ3) is 4.51. The van der Waals surface area contributed by atoms with Crippen molar-refractivity contribution >= 4 is 18.0 Å². The molecule has 0 saturated carbocycles. The van der Waals surface area contributed by atoms with Gasteiger partial charge in [0.1, 0.15) is 6.04 Å². The number of hydrogen-bond donors (Lipinski definition) is 2. The SMILES string of the molecule is Cc1cccc(/C=C/C(=O)N[C@@H](C)C(=O)O)c1. The number of carboxylic acid groups (broad SMARTS) is 1. The van der Waals surface area contributed by atoms with Crippen LogP contribution in [-0.4, -0.2) is 23.0 Å². The van der Waals surface area contributed by atoms with E-state index in [2.05, 4.69) is 5.32 Å². The summed E-state index contributed by atoms with van der Waals surface area (Å²) >= 11 is 0. The van der Waals surface area contributed by atoms with Crippen LogP contribution in [0.2, 0.25) is 0 Å². The minimum Gasteiger partial charge on any atom is -0.480 e. The first-order valence-electron chi connectivity index (χ1n) is 5.27. The Morgan fingerprint density at radius 3 is 2.71 bits per heavy atom. The van der Waals surface area contributed by atoms with Crippen molar-refractivity contribution in [1.82, 2.24) is 5.32 Å². The van der Waals surface area contributed by atoms with Gasteiger partial charge < -0.3 is 10.4 Å². The van der Waals surface area contributed by atoms with Gasteiger partial charge in [-0.05, 0) is 25.5 Å². The molecule has 4 heteroatoms. The van der Waals surface area contributed by atoms with Crippen LogP contribution in [0, 0.1) is 6.92 Å². The quantitative estimate of drug-likeness (QED) is 0.776. The molecule has 0 aliphatic carbocycles. The van der Waals surface area contributed by atoms with Gasteiger partial charge in [-0.2, -0.15) is 0 Å². The first kappa shape index (κ1) is 13.0. The van der Waals surface area contributed by atoms with Crippen molar-refractivity contribution in [2.24, 2.45) is 0 Å². The summed E-state index contributed by atoms with van der Waals surface area (Å²) in [6.45, 7) is 3.38. The topological polar surface area (TPSA) is 66.4 Å². The molecule has 90 valence electrons. The Hall–Kier alpha value is -2.10. The Bertz CT molecular complexity index is 452. The minimum atomic E-state index is -1.05. The van der Waals surface area contributed by atoms with Crippen LogP contribution >= 0.6 is 0 Å². The van der Waals surface area contributed by atoms with Gasteiger partial charge in [-0.1, -0.05) is 29.8 Å². The van der Waals surface area contributed by atoms with Crippen LogP contribution in [-0.2, 0) is 9.59 Å². The fourth-order valence-electron chi connectivity index (χ4n) is 1.27. The molecule has 0 bridgehead atoms. The van der Waals surface area contributed by atoms with Crippen LogP contribution in [0.25, 0.3) is 6.08 Å². The van der Waals surface area contributed by atoms with E-state index in [9.17, 15) is 9.59 Å². The Labute approximate surface area is 100.0 Å². The predicted octanol–water partition coefficient (Wildman–Crippen LogP) is 1.60. The van der Waals surface area contributed by atoms with Crippen LogP contribution < -0.4 is 5.32 Å². The monoisotopic (exact) mass is 233 g/mol. The molecule has 1 rings (SSSR count). The van der Waals surface area contributed by atoms with Crippen molar-refractivity contribution < 1.29 is 14.7 Å².